The highest BCUT2D eigenvalue weighted by Gasteiger charge is 2.18. The summed E-state index contributed by atoms with van der Waals surface area (Å²) in [5.74, 6) is 0. The second kappa shape index (κ2) is 5.37. The van der Waals surface area contributed by atoms with Crippen molar-refractivity contribution >= 4 is 15.7 Å². The van der Waals surface area contributed by atoms with Gasteiger partial charge in [0.15, 0.2) is 0 Å². The summed E-state index contributed by atoms with van der Waals surface area (Å²) in [7, 11) is -0.166. The van der Waals surface area contributed by atoms with E-state index in [0.29, 0.717) is 5.69 Å². The molecule has 0 spiro atoms. The molecule has 0 unspecified atom stereocenters. The lowest BCUT2D eigenvalue weighted by Crippen LogP contribution is -2.24. The number of anilines is 1. The quantitative estimate of drug-likeness (QED) is 0.824. The predicted molar refractivity (Wildman–Crippen MR) is 71.0 cm³/mol. The molecule has 8 heteroatoms. The van der Waals surface area contributed by atoms with Crippen LogP contribution in [0.1, 0.15) is 5.56 Å². The Hall–Kier alpha value is -1.93. The fourth-order valence-corrected chi connectivity index (χ4v) is 2.79. The van der Waals surface area contributed by atoms with Crippen LogP contribution in [0, 0.1) is 0 Å². The number of pyridine rings is 1. The summed E-state index contributed by atoms with van der Waals surface area (Å²) in [5, 5.41) is 6.81. The highest BCUT2D eigenvalue weighted by molar-refractivity contribution is 7.89. The second-order valence-corrected chi connectivity index (χ2v) is 5.70. The van der Waals surface area contributed by atoms with Crippen molar-refractivity contribution in [3.63, 3.8) is 0 Å². The van der Waals surface area contributed by atoms with Crippen molar-refractivity contribution in [1.82, 2.24) is 19.5 Å². The Labute approximate surface area is 111 Å². The molecule has 0 aliphatic heterocycles. The number of nitrogens with one attached hydrogen (secondary N) is 2. The molecule has 0 saturated carbocycles. The lowest BCUT2D eigenvalue weighted by molar-refractivity contribution is 0.581. The van der Waals surface area contributed by atoms with Crippen molar-refractivity contribution in [3.8, 4) is 0 Å². The summed E-state index contributed by atoms with van der Waals surface area (Å²) in [6.45, 7) is 0.189. The summed E-state index contributed by atoms with van der Waals surface area (Å²) in [6.07, 6.45) is 6.22. The maximum Gasteiger partial charge on any atom is 0.244 e. The number of sulfonamides is 1. The van der Waals surface area contributed by atoms with Gasteiger partial charge in [-0.1, -0.05) is 0 Å². The molecule has 0 bridgehead atoms. The van der Waals surface area contributed by atoms with Gasteiger partial charge in [-0.05, 0) is 6.07 Å². The SMILES string of the molecule is CNc1ccncc1S(=O)(=O)NCc1cnn(C)c1. The topological polar surface area (TPSA) is 88.9 Å². The first-order valence-corrected chi connectivity index (χ1v) is 7.10. The van der Waals surface area contributed by atoms with Gasteiger partial charge < -0.3 is 5.32 Å². The molecule has 0 amide bonds. The number of aryl methyl sites for hydroxylation is 1. The lowest BCUT2D eigenvalue weighted by Gasteiger charge is -2.09. The van der Waals surface area contributed by atoms with E-state index in [0.717, 1.165) is 5.56 Å². The molecule has 19 heavy (non-hydrogen) atoms. The number of aromatic nitrogens is 3. The van der Waals surface area contributed by atoms with Crippen LogP contribution in [0.3, 0.4) is 0 Å². The molecule has 0 aliphatic rings. The fourth-order valence-electron chi connectivity index (χ4n) is 1.62. The molecule has 2 aromatic rings. The molecule has 0 radical (unpaired) electrons. The molecule has 0 fully saturated rings. The Bertz CT molecular complexity index is 665. The normalized spacial score (nSPS) is 11.5. The van der Waals surface area contributed by atoms with Crippen LogP contribution in [-0.2, 0) is 23.6 Å². The molecular weight excluding hydrogens is 266 g/mol. The number of nitrogens with zero attached hydrogens (tertiary/aromatic N) is 3. The number of hydrogen-bond acceptors (Lipinski definition) is 5. The van der Waals surface area contributed by atoms with E-state index >= 15 is 0 Å². The number of hydrogen-bond donors (Lipinski definition) is 2. The Morgan fingerprint density at radius 3 is 2.79 bits per heavy atom. The minimum Gasteiger partial charge on any atom is -0.387 e. The van der Waals surface area contributed by atoms with Crippen LogP contribution < -0.4 is 10.0 Å². The monoisotopic (exact) mass is 281 g/mol. The zero-order chi connectivity index (χ0) is 13.9. The van der Waals surface area contributed by atoms with Crippen LogP contribution in [0.15, 0.2) is 35.7 Å². The third-order valence-electron chi connectivity index (χ3n) is 2.57. The predicted octanol–water partition coefficient (Wildman–Crippen LogP) is 0.335. The highest BCUT2D eigenvalue weighted by Crippen LogP contribution is 2.18. The molecule has 0 aromatic carbocycles. The van der Waals surface area contributed by atoms with Gasteiger partial charge in [-0.2, -0.15) is 5.10 Å². The van der Waals surface area contributed by atoms with E-state index in [1.807, 2.05) is 0 Å². The summed E-state index contributed by atoms with van der Waals surface area (Å²) >= 11 is 0. The minimum atomic E-state index is -3.60. The average Bonchev–Trinajstić information content (AvgIpc) is 2.82. The summed E-state index contributed by atoms with van der Waals surface area (Å²) in [4.78, 5) is 3.97. The molecule has 2 N–H and O–H groups in total. The second-order valence-electron chi connectivity index (χ2n) is 3.97. The van der Waals surface area contributed by atoms with E-state index < -0.39 is 10.0 Å². The first-order valence-electron chi connectivity index (χ1n) is 5.62. The van der Waals surface area contributed by atoms with Crippen LogP contribution in [-0.4, -0.2) is 30.2 Å². The van der Waals surface area contributed by atoms with Crippen LogP contribution in [0.4, 0.5) is 5.69 Å². The molecular formula is C11H15N5O2S. The van der Waals surface area contributed by atoms with Gasteiger partial charge in [0.25, 0.3) is 0 Å². The third kappa shape index (κ3) is 3.09. The third-order valence-corrected chi connectivity index (χ3v) is 4.00. The maximum atomic E-state index is 12.2. The van der Waals surface area contributed by atoms with E-state index in [1.54, 1.807) is 37.2 Å². The summed E-state index contributed by atoms with van der Waals surface area (Å²) in [6, 6.07) is 1.61. The van der Waals surface area contributed by atoms with Gasteiger partial charge in [-0.25, -0.2) is 13.1 Å². The van der Waals surface area contributed by atoms with Gasteiger partial charge in [-0.15, -0.1) is 0 Å². The molecule has 2 aromatic heterocycles. The smallest absolute Gasteiger partial charge is 0.244 e. The minimum absolute atomic E-state index is 0.126. The Morgan fingerprint density at radius 2 is 2.16 bits per heavy atom. The van der Waals surface area contributed by atoms with Crippen molar-refractivity contribution in [3.05, 3.63) is 36.4 Å². The zero-order valence-corrected chi connectivity index (χ0v) is 11.5. The molecule has 102 valence electrons. The number of rotatable bonds is 5. The maximum absolute atomic E-state index is 12.2. The standard InChI is InChI=1S/C11H15N5O2S/c1-12-10-3-4-13-7-11(10)19(17,18)15-6-9-5-14-16(2)8-9/h3-5,7-8,15H,6H2,1-2H3,(H,12,13). The first kappa shape index (κ1) is 13.5. The Morgan fingerprint density at radius 1 is 1.37 bits per heavy atom. The largest absolute Gasteiger partial charge is 0.387 e. The van der Waals surface area contributed by atoms with Crippen molar-refractivity contribution < 1.29 is 8.42 Å². The molecule has 0 saturated heterocycles. The molecule has 0 atom stereocenters. The van der Waals surface area contributed by atoms with Gasteiger partial charge >= 0.3 is 0 Å². The first-order chi connectivity index (χ1) is 9.03. The van der Waals surface area contributed by atoms with Gasteiger partial charge in [-0.3, -0.25) is 9.67 Å². The van der Waals surface area contributed by atoms with Gasteiger partial charge in [0.1, 0.15) is 4.90 Å². The van der Waals surface area contributed by atoms with Crippen molar-refractivity contribution in [2.24, 2.45) is 7.05 Å². The van der Waals surface area contributed by atoms with E-state index in [1.165, 1.54) is 12.4 Å². The average molecular weight is 281 g/mol. The van der Waals surface area contributed by atoms with Gasteiger partial charge in [0, 0.05) is 44.8 Å². The van der Waals surface area contributed by atoms with E-state index in [9.17, 15) is 8.42 Å². The molecule has 2 rings (SSSR count). The van der Waals surface area contributed by atoms with Crippen molar-refractivity contribution in [1.29, 1.82) is 0 Å². The van der Waals surface area contributed by atoms with Crippen molar-refractivity contribution in [2.45, 2.75) is 11.4 Å². The molecule has 7 nitrogen and oxygen atoms in total. The highest BCUT2D eigenvalue weighted by atomic mass is 32.2. The Balaban J connectivity index is 2.18. The fraction of sp³-hybridized carbons (Fsp3) is 0.273. The van der Waals surface area contributed by atoms with E-state index in [-0.39, 0.29) is 11.4 Å². The Kier molecular flexibility index (Phi) is 3.82. The van der Waals surface area contributed by atoms with Crippen LogP contribution in [0.25, 0.3) is 0 Å². The molecule has 0 aliphatic carbocycles. The molecule has 2 heterocycles. The van der Waals surface area contributed by atoms with E-state index in [4.69, 9.17) is 0 Å². The summed E-state index contributed by atoms with van der Waals surface area (Å²) in [5.41, 5.74) is 1.30. The van der Waals surface area contributed by atoms with Crippen LogP contribution in [0.2, 0.25) is 0 Å². The van der Waals surface area contributed by atoms with Crippen LogP contribution >= 0.6 is 0 Å². The van der Waals surface area contributed by atoms with Gasteiger partial charge in [0.05, 0.1) is 11.9 Å². The summed E-state index contributed by atoms with van der Waals surface area (Å²) < 4.78 is 28.5. The van der Waals surface area contributed by atoms with Crippen molar-refractivity contribution in [2.75, 3.05) is 12.4 Å². The zero-order valence-electron chi connectivity index (χ0n) is 10.7. The van der Waals surface area contributed by atoms with Gasteiger partial charge in [0.2, 0.25) is 10.0 Å². The van der Waals surface area contributed by atoms with E-state index in [2.05, 4.69) is 20.1 Å². The van der Waals surface area contributed by atoms with Crippen LogP contribution in [0.5, 0.6) is 0 Å². The lowest BCUT2D eigenvalue weighted by atomic mass is 10.4.